The zero-order valence-electron chi connectivity index (χ0n) is 16.6. The van der Waals surface area contributed by atoms with Gasteiger partial charge in [0.2, 0.25) is 0 Å². The highest BCUT2D eigenvalue weighted by molar-refractivity contribution is 9.10. The van der Waals surface area contributed by atoms with E-state index >= 15 is 0 Å². The summed E-state index contributed by atoms with van der Waals surface area (Å²) in [6, 6.07) is 20.4. The van der Waals surface area contributed by atoms with Crippen LogP contribution >= 0.6 is 15.9 Å². The largest absolute Gasteiger partial charge is 0.497 e. The SMILES string of the molecule is COc1ccc(C2=NN(C(=O)c3ccccc3Br)[C@H](c3cccc([N+](=O)[O-])c3)C2)cc1. The number of carbonyl (C=O) groups is 1. The van der Waals surface area contributed by atoms with E-state index in [1.54, 1.807) is 37.4 Å². The summed E-state index contributed by atoms with van der Waals surface area (Å²) in [5, 5.41) is 17.3. The van der Waals surface area contributed by atoms with Crippen molar-refractivity contribution in [3.8, 4) is 5.75 Å². The number of methoxy groups -OCH3 is 1. The van der Waals surface area contributed by atoms with Gasteiger partial charge in [0.25, 0.3) is 11.6 Å². The van der Waals surface area contributed by atoms with Gasteiger partial charge >= 0.3 is 0 Å². The number of nitro benzene ring substituents is 1. The number of ether oxygens (including phenoxy) is 1. The van der Waals surface area contributed by atoms with Crippen molar-refractivity contribution in [2.45, 2.75) is 12.5 Å². The number of carbonyl (C=O) groups excluding carboxylic acids is 1. The average molecular weight is 480 g/mol. The number of amides is 1. The second kappa shape index (κ2) is 8.69. The smallest absolute Gasteiger partial charge is 0.275 e. The van der Waals surface area contributed by atoms with Crippen LogP contribution < -0.4 is 4.74 Å². The molecule has 0 aliphatic carbocycles. The molecule has 0 unspecified atom stereocenters. The minimum absolute atomic E-state index is 0.0244. The molecular formula is C23H18BrN3O4. The van der Waals surface area contributed by atoms with Gasteiger partial charge < -0.3 is 4.74 Å². The zero-order chi connectivity index (χ0) is 22.0. The van der Waals surface area contributed by atoms with E-state index in [4.69, 9.17) is 4.74 Å². The van der Waals surface area contributed by atoms with Crippen LogP contribution in [0, 0.1) is 10.1 Å². The van der Waals surface area contributed by atoms with E-state index in [0.717, 1.165) is 17.0 Å². The fourth-order valence-corrected chi connectivity index (χ4v) is 3.97. The Morgan fingerprint density at radius 3 is 2.55 bits per heavy atom. The maximum absolute atomic E-state index is 13.4. The number of non-ortho nitro benzene ring substituents is 1. The maximum Gasteiger partial charge on any atom is 0.275 e. The van der Waals surface area contributed by atoms with Gasteiger partial charge in [-0.25, -0.2) is 5.01 Å². The minimum atomic E-state index is -0.461. The minimum Gasteiger partial charge on any atom is -0.497 e. The number of halogens is 1. The van der Waals surface area contributed by atoms with Crippen LogP contribution in [0.4, 0.5) is 5.69 Å². The number of nitro groups is 1. The lowest BCUT2D eigenvalue weighted by Crippen LogP contribution is -2.27. The summed E-state index contributed by atoms with van der Waals surface area (Å²) in [6.45, 7) is 0. The topological polar surface area (TPSA) is 85.0 Å². The summed E-state index contributed by atoms with van der Waals surface area (Å²) in [5.74, 6) is 0.436. The molecule has 31 heavy (non-hydrogen) atoms. The quantitative estimate of drug-likeness (QED) is 0.364. The number of hydrogen-bond donors (Lipinski definition) is 0. The molecule has 3 aromatic rings. The fourth-order valence-electron chi connectivity index (χ4n) is 3.52. The Morgan fingerprint density at radius 1 is 1.13 bits per heavy atom. The standard InChI is InChI=1S/C23H18BrN3O4/c1-31-18-11-9-15(10-12-18)21-14-22(16-5-4-6-17(13-16)27(29)30)26(25-21)23(28)19-7-2-3-8-20(19)24/h2-13,22H,14H2,1H3/t22-/m0/s1. The molecule has 0 saturated carbocycles. The molecule has 0 saturated heterocycles. The van der Waals surface area contributed by atoms with Gasteiger partial charge in [-0.15, -0.1) is 0 Å². The molecule has 0 fully saturated rings. The first-order chi connectivity index (χ1) is 15.0. The van der Waals surface area contributed by atoms with Gasteiger partial charge in [0.15, 0.2) is 0 Å². The lowest BCUT2D eigenvalue weighted by Gasteiger charge is -2.22. The van der Waals surface area contributed by atoms with E-state index in [1.807, 2.05) is 30.3 Å². The van der Waals surface area contributed by atoms with E-state index in [1.165, 1.54) is 17.1 Å². The van der Waals surface area contributed by atoms with E-state index in [-0.39, 0.29) is 11.6 Å². The first-order valence-corrected chi connectivity index (χ1v) is 10.3. The van der Waals surface area contributed by atoms with Gasteiger partial charge in [0, 0.05) is 23.0 Å². The van der Waals surface area contributed by atoms with Crippen LogP contribution in [0.3, 0.4) is 0 Å². The van der Waals surface area contributed by atoms with Crippen molar-refractivity contribution >= 4 is 33.2 Å². The fraction of sp³-hybridized carbons (Fsp3) is 0.130. The third-order valence-electron chi connectivity index (χ3n) is 5.11. The van der Waals surface area contributed by atoms with Crippen LogP contribution in [0.15, 0.2) is 82.4 Å². The molecule has 7 nitrogen and oxygen atoms in total. The van der Waals surface area contributed by atoms with Crippen molar-refractivity contribution in [3.05, 3.63) is 104 Å². The highest BCUT2D eigenvalue weighted by atomic mass is 79.9. The molecule has 1 amide bonds. The van der Waals surface area contributed by atoms with Crippen molar-refractivity contribution in [1.82, 2.24) is 5.01 Å². The summed E-state index contributed by atoms with van der Waals surface area (Å²) < 4.78 is 5.87. The Hall–Kier alpha value is -3.52. The molecule has 0 aromatic heterocycles. The Morgan fingerprint density at radius 2 is 1.87 bits per heavy atom. The van der Waals surface area contributed by atoms with E-state index in [2.05, 4.69) is 21.0 Å². The Balaban J connectivity index is 1.76. The Labute approximate surface area is 187 Å². The average Bonchev–Trinajstić information content (AvgIpc) is 3.24. The zero-order valence-corrected chi connectivity index (χ0v) is 18.2. The number of rotatable bonds is 5. The molecule has 0 bridgehead atoms. The summed E-state index contributed by atoms with van der Waals surface area (Å²) in [5.41, 5.74) is 2.68. The highest BCUT2D eigenvalue weighted by Crippen LogP contribution is 2.36. The van der Waals surface area contributed by atoms with E-state index in [9.17, 15) is 14.9 Å². The van der Waals surface area contributed by atoms with Crippen LogP contribution in [0.1, 0.15) is 33.9 Å². The van der Waals surface area contributed by atoms with Crippen LogP contribution in [0.5, 0.6) is 5.75 Å². The number of hydrogen-bond acceptors (Lipinski definition) is 5. The molecule has 1 heterocycles. The molecule has 8 heteroatoms. The van der Waals surface area contributed by atoms with Gasteiger partial charge in [-0.1, -0.05) is 24.3 Å². The van der Waals surface area contributed by atoms with Crippen molar-refractivity contribution in [1.29, 1.82) is 0 Å². The molecule has 0 spiro atoms. The predicted octanol–water partition coefficient (Wildman–Crippen LogP) is 5.36. The molecule has 1 aliphatic rings. The van der Waals surface area contributed by atoms with Crippen LogP contribution in [0.2, 0.25) is 0 Å². The van der Waals surface area contributed by atoms with Crippen LogP contribution in [-0.4, -0.2) is 28.7 Å². The third-order valence-corrected chi connectivity index (χ3v) is 5.80. The number of nitrogens with zero attached hydrogens (tertiary/aromatic N) is 3. The van der Waals surface area contributed by atoms with E-state index in [0.29, 0.717) is 22.0 Å². The van der Waals surface area contributed by atoms with E-state index < -0.39 is 11.0 Å². The van der Waals surface area contributed by atoms with Crippen LogP contribution in [0.25, 0.3) is 0 Å². The molecule has 1 aliphatic heterocycles. The van der Waals surface area contributed by atoms with Gasteiger partial charge in [0.1, 0.15) is 5.75 Å². The molecule has 1 atom stereocenters. The lowest BCUT2D eigenvalue weighted by molar-refractivity contribution is -0.384. The third kappa shape index (κ3) is 4.20. The number of hydrazone groups is 1. The summed E-state index contributed by atoms with van der Waals surface area (Å²) in [6.07, 6.45) is 0.434. The summed E-state index contributed by atoms with van der Waals surface area (Å²) >= 11 is 3.43. The molecule has 4 rings (SSSR count). The van der Waals surface area contributed by atoms with Crippen molar-refractivity contribution in [2.24, 2.45) is 5.10 Å². The van der Waals surface area contributed by atoms with Gasteiger partial charge in [-0.3, -0.25) is 14.9 Å². The molecular weight excluding hydrogens is 462 g/mol. The predicted molar refractivity (Wildman–Crippen MR) is 120 cm³/mol. The highest BCUT2D eigenvalue weighted by Gasteiger charge is 2.35. The lowest BCUT2D eigenvalue weighted by atomic mass is 9.97. The molecule has 0 N–H and O–H groups in total. The second-order valence-corrected chi connectivity index (χ2v) is 7.83. The summed E-state index contributed by atoms with van der Waals surface area (Å²) in [4.78, 5) is 24.2. The van der Waals surface area contributed by atoms with Gasteiger partial charge in [0.05, 0.1) is 29.4 Å². The molecule has 0 radical (unpaired) electrons. The summed E-state index contributed by atoms with van der Waals surface area (Å²) in [7, 11) is 1.60. The second-order valence-electron chi connectivity index (χ2n) is 6.98. The van der Waals surface area contributed by atoms with Crippen molar-refractivity contribution < 1.29 is 14.5 Å². The first kappa shape index (κ1) is 20.7. The van der Waals surface area contributed by atoms with Crippen molar-refractivity contribution in [2.75, 3.05) is 7.11 Å². The van der Waals surface area contributed by atoms with Gasteiger partial charge in [-0.05, 0) is 63.5 Å². The first-order valence-electron chi connectivity index (χ1n) is 9.52. The normalized spacial score (nSPS) is 15.5. The van der Waals surface area contributed by atoms with Crippen molar-refractivity contribution in [3.63, 3.8) is 0 Å². The molecule has 3 aromatic carbocycles. The maximum atomic E-state index is 13.4. The van der Waals surface area contributed by atoms with Crippen LogP contribution in [-0.2, 0) is 0 Å². The molecule has 156 valence electrons. The number of benzene rings is 3. The Kier molecular flexibility index (Phi) is 5.81. The van der Waals surface area contributed by atoms with Gasteiger partial charge in [-0.2, -0.15) is 5.10 Å². The Bertz CT molecular complexity index is 1180. The monoisotopic (exact) mass is 479 g/mol.